The summed E-state index contributed by atoms with van der Waals surface area (Å²) in [4.78, 5) is 11.5. The van der Waals surface area contributed by atoms with E-state index in [0.717, 1.165) is 37.9 Å². The third-order valence-electron chi connectivity index (χ3n) is 3.69. The molecule has 0 bridgehead atoms. The quantitative estimate of drug-likeness (QED) is 0.563. The molecule has 0 aromatic heterocycles. The van der Waals surface area contributed by atoms with Crippen molar-refractivity contribution < 1.29 is 14.3 Å². The summed E-state index contributed by atoms with van der Waals surface area (Å²) in [5.41, 5.74) is 2.79. The van der Waals surface area contributed by atoms with Crippen LogP contribution in [0.25, 0.3) is 0 Å². The molecule has 2 rings (SSSR count). The molecule has 0 N–H and O–H groups in total. The minimum atomic E-state index is -0.279. The molecule has 0 heterocycles. The Morgan fingerprint density at radius 2 is 1.95 bits per heavy atom. The lowest BCUT2D eigenvalue weighted by Gasteiger charge is -2.16. The van der Waals surface area contributed by atoms with Gasteiger partial charge in [0.1, 0.15) is 5.75 Å². The average molecular weight is 276 g/mol. The number of unbranched alkanes of at least 4 members (excludes halogenated alkanes) is 2. The molecular weight excluding hydrogens is 252 g/mol. The van der Waals surface area contributed by atoms with Crippen molar-refractivity contribution in [2.75, 3.05) is 13.2 Å². The second kappa shape index (κ2) is 7.93. The topological polar surface area (TPSA) is 35.5 Å². The molecule has 20 heavy (non-hydrogen) atoms. The number of benzene rings is 1. The summed E-state index contributed by atoms with van der Waals surface area (Å²) in [5, 5.41) is 0. The van der Waals surface area contributed by atoms with Gasteiger partial charge in [-0.25, -0.2) is 4.79 Å². The van der Waals surface area contributed by atoms with Crippen LogP contribution in [0.15, 0.2) is 18.2 Å². The van der Waals surface area contributed by atoms with E-state index in [-0.39, 0.29) is 12.6 Å². The number of rotatable bonds is 7. The van der Waals surface area contributed by atoms with E-state index in [4.69, 9.17) is 9.47 Å². The lowest BCUT2D eigenvalue weighted by Crippen LogP contribution is -2.15. The summed E-state index contributed by atoms with van der Waals surface area (Å²) < 4.78 is 10.6. The summed E-state index contributed by atoms with van der Waals surface area (Å²) in [7, 11) is 0. The van der Waals surface area contributed by atoms with Crippen LogP contribution in [-0.2, 0) is 22.4 Å². The van der Waals surface area contributed by atoms with Gasteiger partial charge in [-0.3, -0.25) is 0 Å². The molecule has 3 heteroatoms. The third kappa shape index (κ3) is 4.55. The number of hydrogen-bond donors (Lipinski definition) is 0. The number of hydrogen-bond acceptors (Lipinski definition) is 3. The van der Waals surface area contributed by atoms with Crippen LogP contribution in [0.2, 0.25) is 0 Å². The van der Waals surface area contributed by atoms with Gasteiger partial charge < -0.3 is 9.47 Å². The maximum absolute atomic E-state index is 11.5. The fourth-order valence-electron chi connectivity index (χ4n) is 2.52. The first-order chi connectivity index (χ1) is 9.79. The number of esters is 1. The van der Waals surface area contributed by atoms with Crippen LogP contribution in [0.5, 0.6) is 5.75 Å². The normalized spacial score (nSPS) is 13.7. The molecule has 1 aliphatic rings. The van der Waals surface area contributed by atoms with Crippen molar-refractivity contribution in [3.05, 3.63) is 29.3 Å². The number of ether oxygens (including phenoxy) is 2. The maximum Gasteiger partial charge on any atom is 0.344 e. The third-order valence-corrected chi connectivity index (χ3v) is 3.69. The molecule has 1 aromatic carbocycles. The largest absolute Gasteiger partial charge is 0.482 e. The molecular formula is C17H24O3. The summed E-state index contributed by atoms with van der Waals surface area (Å²) >= 11 is 0. The molecule has 1 aromatic rings. The molecule has 0 unspecified atom stereocenters. The van der Waals surface area contributed by atoms with E-state index >= 15 is 0 Å². The lowest BCUT2D eigenvalue weighted by atomic mass is 9.92. The second-order valence-electron chi connectivity index (χ2n) is 5.35. The second-order valence-corrected chi connectivity index (χ2v) is 5.35. The Hall–Kier alpha value is -1.51. The predicted octanol–water partition coefficient (Wildman–Crippen LogP) is 3.68. The molecule has 0 radical (unpaired) electrons. The van der Waals surface area contributed by atoms with Crippen LogP contribution in [0.1, 0.15) is 50.2 Å². The van der Waals surface area contributed by atoms with Crippen molar-refractivity contribution >= 4 is 5.97 Å². The van der Waals surface area contributed by atoms with Crippen LogP contribution < -0.4 is 4.74 Å². The Kier molecular flexibility index (Phi) is 5.90. The van der Waals surface area contributed by atoms with Crippen molar-refractivity contribution in [2.45, 2.75) is 51.9 Å². The molecule has 0 atom stereocenters. The van der Waals surface area contributed by atoms with Crippen LogP contribution in [0.3, 0.4) is 0 Å². The highest BCUT2D eigenvalue weighted by Gasteiger charge is 2.11. The number of carbonyl (C=O) groups excluding carboxylic acids is 1. The molecule has 110 valence electrons. The van der Waals surface area contributed by atoms with Gasteiger partial charge in [0, 0.05) is 0 Å². The van der Waals surface area contributed by atoms with Crippen LogP contribution in [0.4, 0.5) is 0 Å². The summed E-state index contributed by atoms with van der Waals surface area (Å²) in [6.07, 6.45) is 7.96. The summed E-state index contributed by atoms with van der Waals surface area (Å²) in [6, 6.07) is 6.14. The molecule has 0 amide bonds. The Morgan fingerprint density at radius 1 is 1.15 bits per heavy atom. The SMILES string of the molecule is CCCCCOC(=O)COc1ccc2c(c1)CCCC2. The molecule has 0 spiro atoms. The van der Waals surface area contributed by atoms with Gasteiger partial charge in [-0.05, 0) is 55.4 Å². The van der Waals surface area contributed by atoms with E-state index < -0.39 is 0 Å². The first-order valence-electron chi connectivity index (χ1n) is 7.70. The minimum absolute atomic E-state index is 0.00487. The predicted molar refractivity (Wildman–Crippen MR) is 79.1 cm³/mol. The van der Waals surface area contributed by atoms with Crippen molar-refractivity contribution in [1.29, 1.82) is 0 Å². The lowest BCUT2D eigenvalue weighted by molar-refractivity contribution is -0.146. The van der Waals surface area contributed by atoms with E-state index in [1.165, 1.54) is 24.0 Å². The van der Waals surface area contributed by atoms with Gasteiger partial charge in [0.2, 0.25) is 0 Å². The van der Waals surface area contributed by atoms with Crippen molar-refractivity contribution in [3.63, 3.8) is 0 Å². The summed E-state index contributed by atoms with van der Waals surface area (Å²) in [5.74, 6) is 0.495. The van der Waals surface area contributed by atoms with E-state index in [0.29, 0.717) is 6.61 Å². The number of aryl methyl sites for hydroxylation is 2. The molecule has 0 saturated heterocycles. The zero-order chi connectivity index (χ0) is 14.2. The first-order valence-corrected chi connectivity index (χ1v) is 7.70. The van der Waals surface area contributed by atoms with Gasteiger partial charge in [0.25, 0.3) is 0 Å². The van der Waals surface area contributed by atoms with E-state index in [1.807, 2.05) is 6.07 Å². The Balaban J connectivity index is 1.74. The first kappa shape index (κ1) is 14.9. The fourth-order valence-corrected chi connectivity index (χ4v) is 2.52. The summed E-state index contributed by atoms with van der Waals surface area (Å²) in [6.45, 7) is 2.63. The van der Waals surface area contributed by atoms with Gasteiger partial charge in [0.05, 0.1) is 6.61 Å². The monoisotopic (exact) mass is 276 g/mol. The van der Waals surface area contributed by atoms with E-state index in [1.54, 1.807) is 0 Å². The smallest absolute Gasteiger partial charge is 0.344 e. The zero-order valence-corrected chi connectivity index (χ0v) is 12.3. The Labute approximate surface area is 121 Å². The van der Waals surface area contributed by atoms with Crippen LogP contribution in [-0.4, -0.2) is 19.2 Å². The molecule has 0 fully saturated rings. The van der Waals surface area contributed by atoms with Gasteiger partial charge >= 0.3 is 5.97 Å². The fraction of sp³-hybridized carbons (Fsp3) is 0.588. The highest BCUT2D eigenvalue weighted by atomic mass is 16.6. The van der Waals surface area contributed by atoms with Crippen molar-refractivity contribution in [2.24, 2.45) is 0 Å². The minimum Gasteiger partial charge on any atom is -0.482 e. The van der Waals surface area contributed by atoms with Gasteiger partial charge in [-0.1, -0.05) is 25.8 Å². The van der Waals surface area contributed by atoms with E-state index in [2.05, 4.69) is 19.1 Å². The molecule has 0 saturated carbocycles. The van der Waals surface area contributed by atoms with Crippen molar-refractivity contribution in [1.82, 2.24) is 0 Å². The number of fused-ring (bicyclic) bond motifs is 1. The molecule has 3 nitrogen and oxygen atoms in total. The Bertz CT molecular complexity index is 440. The standard InChI is InChI=1S/C17H24O3/c1-2-3-6-11-19-17(18)13-20-16-10-9-14-7-4-5-8-15(14)12-16/h9-10,12H,2-8,11,13H2,1H3. The van der Waals surface area contributed by atoms with Gasteiger partial charge in [-0.2, -0.15) is 0 Å². The highest BCUT2D eigenvalue weighted by molar-refractivity contribution is 5.71. The molecule has 0 aliphatic heterocycles. The maximum atomic E-state index is 11.5. The van der Waals surface area contributed by atoms with Crippen molar-refractivity contribution in [3.8, 4) is 5.75 Å². The highest BCUT2D eigenvalue weighted by Crippen LogP contribution is 2.25. The number of carbonyl (C=O) groups is 1. The Morgan fingerprint density at radius 3 is 2.75 bits per heavy atom. The van der Waals surface area contributed by atoms with Gasteiger partial charge in [-0.15, -0.1) is 0 Å². The molecule has 1 aliphatic carbocycles. The van der Waals surface area contributed by atoms with Gasteiger partial charge in [0.15, 0.2) is 6.61 Å². The average Bonchev–Trinajstić information content (AvgIpc) is 2.49. The van der Waals surface area contributed by atoms with E-state index in [9.17, 15) is 4.79 Å². The van der Waals surface area contributed by atoms with Crippen LogP contribution in [0, 0.1) is 0 Å². The van der Waals surface area contributed by atoms with Crippen LogP contribution >= 0.6 is 0 Å². The zero-order valence-electron chi connectivity index (χ0n) is 12.3.